The smallest absolute Gasteiger partial charge is 0.270 e. The zero-order chi connectivity index (χ0) is 18.6. The van der Waals surface area contributed by atoms with Crippen molar-refractivity contribution in [1.82, 2.24) is 15.2 Å². The van der Waals surface area contributed by atoms with Crippen LogP contribution in [-0.4, -0.2) is 60.3 Å². The predicted molar refractivity (Wildman–Crippen MR) is 95.2 cm³/mol. The molecule has 2 amide bonds. The summed E-state index contributed by atoms with van der Waals surface area (Å²) in [6.07, 6.45) is 2.68. The number of nitrogens with one attached hydrogen (secondary N) is 1. The van der Waals surface area contributed by atoms with Gasteiger partial charge in [0.1, 0.15) is 5.69 Å². The van der Waals surface area contributed by atoms with Crippen LogP contribution in [0.3, 0.4) is 0 Å². The quantitative estimate of drug-likeness (QED) is 0.816. The lowest BCUT2D eigenvalue weighted by molar-refractivity contribution is 0.0708. The summed E-state index contributed by atoms with van der Waals surface area (Å²) in [6, 6.07) is 2.72. The van der Waals surface area contributed by atoms with E-state index in [2.05, 4.69) is 10.3 Å². The fraction of sp³-hybridized carbons (Fsp3) is 0.588. The van der Waals surface area contributed by atoms with Crippen molar-refractivity contribution in [2.24, 2.45) is 0 Å². The van der Waals surface area contributed by atoms with Crippen molar-refractivity contribution in [1.29, 1.82) is 0 Å². The summed E-state index contributed by atoms with van der Waals surface area (Å²) in [5.74, 6) is -0.487. The van der Waals surface area contributed by atoms with Gasteiger partial charge in [-0.3, -0.25) is 14.6 Å². The second-order valence-electron chi connectivity index (χ2n) is 6.36. The summed E-state index contributed by atoms with van der Waals surface area (Å²) in [5, 5.41) is 2.82. The summed E-state index contributed by atoms with van der Waals surface area (Å²) >= 11 is 0. The summed E-state index contributed by atoms with van der Waals surface area (Å²) in [7, 11) is -3.07. The van der Waals surface area contributed by atoms with Gasteiger partial charge < -0.3 is 10.2 Å². The van der Waals surface area contributed by atoms with Gasteiger partial charge in [0.05, 0.1) is 11.5 Å². The minimum Gasteiger partial charge on any atom is -0.348 e. The average molecular weight is 367 g/mol. The molecule has 0 bridgehead atoms. The van der Waals surface area contributed by atoms with Gasteiger partial charge in [-0.1, -0.05) is 6.92 Å². The fourth-order valence-electron chi connectivity index (χ4n) is 2.84. The lowest BCUT2D eigenvalue weighted by atomic mass is 10.1. The van der Waals surface area contributed by atoms with Crippen LogP contribution in [0.25, 0.3) is 0 Å². The predicted octanol–water partition coefficient (Wildman–Crippen LogP) is 1.26. The first-order valence-corrected chi connectivity index (χ1v) is 10.4. The van der Waals surface area contributed by atoms with Gasteiger partial charge in [0, 0.05) is 30.4 Å². The van der Waals surface area contributed by atoms with Crippen LogP contribution in [0.2, 0.25) is 0 Å². The maximum atomic E-state index is 12.8. The maximum absolute atomic E-state index is 12.8. The SMILES string of the molecule is CCC(C)NC(=O)c1cc(C(=O)N(CC)C2CCS(=O)(=O)C2)ccn1. The van der Waals surface area contributed by atoms with Crippen LogP contribution in [-0.2, 0) is 9.84 Å². The number of carbonyl (C=O) groups excluding carboxylic acids is 2. The van der Waals surface area contributed by atoms with Gasteiger partial charge in [0.2, 0.25) is 0 Å². The zero-order valence-corrected chi connectivity index (χ0v) is 15.7. The number of nitrogens with zero attached hydrogens (tertiary/aromatic N) is 2. The maximum Gasteiger partial charge on any atom is 0.270 e. The van der Waals surface area contributed by atoms with Gasteiger partial charge in [-0.15, -0.1) is 0 Å². The minimum absolute atomic E-state index is 0.000971. The van der Waals surface area contributed by atoms with E-state index < -0.39 is 9.84 Å². The molecule has 2 rings (SSSR count). The highest BCUT2D eigenvalue weighted by Crippen LogP contribution is 2.20. The van der Waals surface area contributed by atoms with Crippen LogP contribution in [0, 0.1) is 0 Å². The van der Waals surface area contributed by atoms with E-state index >= 15 is 0 Å². The third-order valence-corrected chi connectivity index (χ3v) is 6.23. The summed E-state index contributed by atoms with van der Waals surface area (Å²) < 4.78 is 23.4. The molecule has 25 heavy (non-hydrogen) atoms. The Bertz CT molecular complexity index is 748. The molecule has 2 heterocycles. The molecule has 2 atom stereocenters. The molecule has 138 valence electrons. The van der Waals surface area contributed by atoms with Gasteiger partial charge in [0.25, 0.3) is 11.8 Å². The van der Waals surface area contributed by atoms with E-state index in [9.17, 15) is 18.0 Å². The van der Waals surface area contributed by atoms with E-state index in [0.717, 1.165) is 6.42 Å². The molecule has 0 radical (unpaired) electrons. The molecular weight excluding hydrogens is 342 g/mol. The average Bonchev–Trinajstić information content (AvgIpc) is 2.95. The molecule has 8 heteroatoms. The molecule has 1 aromatic rings. The Morgan fingerprint density at radius 2 is 2.12 bits per heavy atom. The van der Waals surface area contributed by atoms with Gasteiger partial charge >= 0.3 is 0 Å². The Morgan fingerprint density at radius 1 is 1.40 bits per heavy atom. The molecule has 0 saturated carbocycles. The Labute approximate surface area is 148 Å². The van der Waals surface area contributed by atoms with Crippen LogP contribution in [0.15, 0.2) is 18.3 Å². The van der Waals surface area contributed by atoms with E-state index in [1.807, 2.05) is 20.8 Å². The van der Waals surface area contributed by atoms with Crippen LogP contribution in [0.1, 0.15) is 54.5 Å². The molecule has 1 aromatic heterocycles. The van der Waals surface area contributed by atoms with E-state index in [-0.39, 0.29) is 41.1 Å². The Kier molecular flexibility index (Phi) is 6.16. The molecule has 1 N–H and O–H groups in total. The molecule has 2 unspecified atom stereocenters. The normalized spacial score (nSPS) is 20.0. The Balaban J connectivity index is 2.18. The van der Waals surface area contributed by atoms with Crippen molar-refractivity contribution in [2.45, 2.75) is 45.7 Å². The van der Waals surface area contributed by atoms with E-state index in [4.69, 9.17) is 0 Å². The van der Waals surface area contributed by atoms with E-state index in [1.54, 1.807) is 11.0 Å². The second kappa shape index (κ2) is 7.95. The van der Waals surface area contributed by atoms with Gasteiger partial charge in [-0.05, 0) is 38.8 Å². The molecule has 0 aromatic carbocycles. The third-order valence-electron chi connectivity index (χ3n) is 4.48. The number of hydrogen-bond acceptors (Lipinski definition) is 5. The fourth-order valence-corrected chi connectivity index (χ4v) is 4.57. The highest BCUT2D eigenvalue weighted by atomic mass is 32.2. The van der Waals surface area contributed by atoms with Crippen molar-refractivity contribution in [2.75, 3.05) is 18.1 Å². The first-order chi connectivity index (χ1) is 11.8. The standard InChI is InChI=1S/C17H25N3O4S/c1-4-12(3)19-16(21)15-10-13(6-8-18-15)17(22)20(5-2)14-7-9-25(23,24)11-14/h6,8,10,12,14H,4-5,7,9,11H2,1-3H3,(H,19,21). The summed E-state index contributed by atoms with van der Waals surface area (Å²) in [5.41, 5.74) is 0.525. The van der Waals surface area contributed by atoms with Gasteiger partial charge in [-0.25, -0.2) is 8.42 Å². The van der Waals surface area contributed by atoms with Crippen molar-refractivity contribution >= 4 is 21.7 Å². The topological polar surface area (TPSA) is 96.4 Å². The number of aromatic nitrogens is 1. The lowest BCUT2D eigenvalue weighted by Gasteiger charge is -2.27. The van der Waals surface area contributed by atoms with Crippen LogP contribution >= 0.6 is 0 Å². The van der Waals surface area contributed by atoms with Gasteiger partial charge in [-0.2, -0.15) is 0 Å². The monoisotopic (exact) mass is 367 g/mol. The van der Waals surface area contributed by atoms with Crippen molar-refractivity contribution in [3.63, 3.8) is 0 Å². The van der Waals surface area contributed by atoms with Crippen molar-refractivity contribution in [3.05, 3.63) is 29.6 Å². The van der Waals surface area contributed by atoms with E-state index in [1.165, 1.54) is 12.3 Å². The molecule has 0 spiro atoms. The largest absolute Gasteiger partial charge is 0.348 e. The number of pyridine rings is 1. The minimum atomic E-state index is -3.07. The number of hydrogen-bond donors (Lipinski definition) is 1. The molecule has 1 aliphatic heterocycles. The van der Waals surface area contributed by atoms with Crippen LogP contribution in [0.5, 0.6) is 0 Å². The first-order valence-electron chi connectivity index (χ1n) is 8.55. The van der Waals surface area contributed by atoms with Crippen molar-refractivity contribution in [3.8, 4) is 0 Å². The number of carbonyl (C=O) groups is 2. The first kappa shape index (κ1) is 19.4. The molecular formula is C17H25N3O4S. The highest BCUT2D eigenvalue weighted by molar-refractivity contribution is 7.91. The molecule has 7 nitrogen and oxygen atoms in total. The van der Waals surface area contributed by atoms with Crippen molar-refractivity contribution < 1.29 is 18.0 Å². The molecule has 1 saturated heterocycles. The molecule has 1 fully saturated rings. The second-order valence-corrected chi connectivity index (χ2v) is 8.59. The third kappa shape index (κ3) is 4.78. The zero-order valence-electron chi connectivity index (χ0n) is 14.9. The van der Waals surface area contributed by atoms with Gasteiger partial charge in [0.15, 0.2) is 9.84 Å². The number of sulfone groups is 1. The number of amides is 2. The highest BCUT2D eigenvalue weighted by Gasteiger charge is 2.34. The summed E-state index contributed by atoms with van der Waals surface area (Å²) in [4.78, 5) is 30.6. The van der Waals surface area contributed by atoms with Crippen LogP contribution < -0.4 is 5.32 Å². The Hall–Kier alpha value is -1.96. The summed E-state index contributed by atoms with van der Waals surface area (Å²) in [6.45, 7) is 6.09. The van der Waals surface area contributed by atoms with E-state index in [0.29, 0.717) is 18.5 Å². The lowest BCUT2D eigenvalue weighted by Crippen LogP contribution is -2.41. The Morgan fingerprint density at radius 3 is 2.68 bits per heavy atom. The molecule has 0 aliphatic carbocycles. The molecule has 1 aliphatic rings. The van der Waals surface area contributed by atoms with Crippen LogP contribution in [0.4, 0.5) is 0 Å². The number of rotatable bonds is 6.